The Hall–Kier alpha value is -2.81. The average Bonchev–Trinajstić information content (AvgIpc) is 2.76. The predicted molar refractivity (Wildman–Crippen MR) is 120 cm³/mol. The van der Waals surface area contributed by atoms with E-state index in [4.69, 9.17) is 0 Å². The van der Waals surface area contributed by atoms with Crippen LogP contribution in [0.1, 0.15) is 0 Å². The van der Waals surface area contributed by atoms with E-state index in [1.54, 1.807) is 0 Å². The highest BCUT2D eigenvalue weighted by Crippen LogP contribution is 2.37. The first kappa shape index (κ1) is 19.0. The Morgan fingerprint density at radius 3 is 1.19 bits per heavy atom. The standard InChI is InChI=1S/C23H17S.C2H7N/c1-4-10-18(11-5-1)21-16-22(19-12-6-2-7-13-19)24-23(17-21)20-14-8-3-9-15-20;1-3-2/h1-17H;3H,1-2H3/q+1;. The predicted octanol–water partition coefficient (Wildman–Crippen LogP) is 6.87. The molecule has 2 heteroatoms. The molecule has 27 heavy (non-hydrogen) atoms. The zero-order valence-corrected chi connectivity index (χ0v) is 16.5. The fourth-order valence-corrected chi connectivity index (χ4v) is 3.90. The van der Waals surface area contributed by atoms with E-state index < -0.39 is 0 Å². The van der Waals surface area contributed by atoms with E-state index in [1.165, 1.54) is 32.0 Å². The van der Waals surface area contributed by atoms with Crippen LogP contribution in [0.2, 0.25) is 0 Å². The van der Waals surface area contributed by atoms with E-state index in [0.29, 0.717) is 0 Å². The van der Waals surface area contributed by atoms with Crippen molar-refractivity contribution in [3.63, 3.8) is 0 Å². The van der Waals surface area contributed by atoms with Gasteiger partial charge in [-0.2, -0.15) is 0 Å². The lowest BCUT2D eigenvalue weighted by Crippen LogP contribution is -1.89. The molecule has 0 fully saturated rings. The number of nitrogens with one attached hydrogen (secondary N) is 1. The summed E-state index contributed by atoms with van der Waals surface area (Å²) in [6.07, 6.45) is 0. The Labute approximate surface area is 166 Å². The molecule has 0 unspecified atom stereocenters. The molecule has 0 aliphatic heterocycles. The second kappa shape index (κ2) is 9.77. The van der Waals surface area contributed by atoms with Crippen molar-refractivity contribution < 1.29 is 0 Å². The van der Waals surface area contributed by atoms with Crippen LogP contribution < -0.4 is 5.32 Å². The number of hydrogen-bond acceptors (Lipinski definition) is 1. The highest BCUT2D eigenvalue weighted by atomic mass is 32.1. The lowest BCUT2D eigenvalue weighted by atomic mass is 10.0. The molecule has 1 heterocycles. The minimum absolute atomic E-state index is 1.25. The molecule has 0 amide bonds. The summed E-state index contributed by atoms with van der Waals surface area (Å²) in [5.41, 5.74) is 5.03. The van der Waals surface area contributed by atoms with Crippen LogP contribution in [0.5, 0.6) is 0 Å². The summed E-state index contributed by atoms with van der Waals surface area (Å²) in [6.45, 7) is 0. The van der Waals surface area contributed by atoms with Gasteiger partial charge < -0.3 is 5.32 Å². The monoisotopic (exact) mass is 370 g/mol. The van der Waals surface area contributed by atoms with Crippen molar-refractivity contribution in [2.45, 2.75) is 0 Å². The minimum atomic E-state index is 1.25. The average molecular weight is 371 g/mol. The van der Waals surface area contributed by atoms with Gasteiger partial charge in [0.1, 0.15) is 0 Å². The first-order valence-electron chi connectivity index (χ1n) is 9.04. The van der Waals surface area contributed by atoms with Gasteiger partial charge in [-0.25, -0.2) is 0 Å². The van der Waals surface area contributed by atoms with Gasteiger partial charge in [0.2, 0.25) is 21.1 Å². The van der Waals surface area contributed by atoms with Gasteiger partial charge in [0.25, 0.3) is 0 Å². The number of rotatable bonds is 3. The quantitative estimate of drug-likeness (QED) is 0.388. The van der Waals surface area contributed by atoms with Crippen molar-refractivity contribution in [1.82, 2.24) is 5.32 Å². The van der Waals surface area contributed by atoms with Crippen LogP contribution >= 0.6 is 11.3 Å². The fourth-order valence-electron chi connectivity index (χ4n) is 2.79. The van der Waals surface area contributed by atoms with Gasteiger partial charge >= 0.3 is 0 Å². The molecule has 134 valence electrons. The SMILES string of the molecule is CNC.c1ccc(-c2cc(-c3ccccc3)[s+]c(-c3ccccc3)c2)cc1. The summed E-state index contributed by atoms with van der Waals surface area (Å²) in [4.78, 5) is 2.58. The Morgan fingerprint density at radius 1 is 0.481 bits per heavy atom. The van der Waals surface area contributed by atoms with Crippen LogP contribution in [0.3, 0.4) is 0 Å². The summed E-state index contributed by atoms with van der Waals surface area (Å²) < 4.78 is 0. The maximum atomic E-state index is 2.75. The lowest BCUT2D eigenvalue weighted by molar-refractivity contribution is 1.02. The van der Waals surface area contributed by atoms with Crippen LogP contribution in [0.15, 0.2) is 103 Å². The summed E-state index contributed by atoms with van der Waals surface area (Å²) in [5, 5.41) is 2.75. The molecule has 0 aliphatic rings. The van der Waals surface area contributed by atoms with Crippen LogP contribution in [-0.4, -0.2) is 14.1 Å². The van der Waals surface area contributed by atoms with Crippen molar-refractivity contribution in [1.29, 1.82) is 0 Å². The van der Waals surface area contributed by atoms with Crippen molar-refractivity contribution in [2.75, 3.05) is 14.1 Å². The molecule has 0 atom stereocenters. The fraction of sp³-hybridized carbons (Fsp3) is 0.0800. The van der Waals surface area contributed by atoms with E-state index in [9.17, 15) is 0 Å². The Bertz CT molecular complexity index is 812. The molecule has 0 aliphatic carbocycles. The Morgan fingerprint density at radius 2 is 0.815 bits per heavy atom. The normalized spacial score (nSPS) is 10.0. The van der Waals surface area contributed by atoms with Gasteiger partial charge in [0.15, 0.2) is 0 Å². The van der Waals surface area contributed by atoms with Crippen LogP contribution in [0, 0.1) is 0 Å². The van der Waals surface area contributed by atoms with Crippen molar-refractivity contribution in [2.24, 2.45) is 0 Å². The summed E-state index contributed by atoms with van der Waals surface area (Å²) >= 11 is 1.84. The molecular formula is C25H24NS+. The first-order chi connectivity index (χ1) is 13.3. The van der Waals surface area contributed by atoms with Crippen molar-refractivity contribution in [3.8, 4) is 32.0 Å². The maximum Gasteiger partial charge on any atom is 0.239 e. The molecular weight excluding hydrogens is 346 g/mol. The Kier molecular flexibility index (Phi) is 6.86. The molecule has 0 saturated carbocycles. The highest BCUT2D eigenvalue weighted by molar-refractivity contribution is 7.18. The molecule has 0 saturated heterocycles. The summed E-state index contributed by atoms with van der Waals surface area (Å²) in [7, 11) is 3.75. The number of hydrogen-bond donors (Lipinski definition) is 1. The second-order valence-electron chi connectivity index (χ2n) is 6.17. The van der Waals surface area contributed by atoms with Gasteiger partial charge in [0, 0.05) is 23.3 Å². The van der Waals surface area contributed by atoms with E-state index >= 15 is 0 Å². The minimum Gasteiger partial charge on any atom is -0.323 e. The smallest absolute Gasteiger partial charge is 0.239 e. The van der Waals surface area contributed by atoms with Gasteiger partial charge in [-0.1, -0.05) is 66.7 Å². The molecule has 1 N–H and O–H groups in total. The molecule has 0 spiro atoms. The van der Waals surface area contributed by atoms with Gasteiger partial charge in [-0.3, -0.25) is 0 Å². The van der Waals surface area contributed by atoms with E-state index in [0.717, 1.165) is 0 Å². The largest absolute Gasteiger partial charge is 0.323 e. The molecule has 4 rings (SSSR count). The van der Waals surface area contributed by atoms with E-state index in [2.05, 4.69) is 108 Å². The summed E-state index contributed by atoms with van der Waals surface area (Å²) in [5.74, 6) is 0. The van der Waals surface area contributed by atoms with E-state index in [1.807, 2.05) is 25.4 Å². The lowest BCUT2D eigenvalue weighted by Gasteiger charge is -2.02. The van der Waals surface area contributed by atoms with Gasteiger partial charge in [-0.15, -0.1) is 0 Å². The molecule has 4 aromatic rings. The number of benzene rings is 3. The third-order valence-corrected chi connectivity index (χ3v) is 5.16. The second-order valence-corrected chi connectivity index (χ2v) is 7.26. The van der Waals surface area contributed by atoms with Crippen LogP contribution in [0.4, 0.5) is 0 Å². The van der Waals surface area contributed by atoms with Gasteiger partial charge in [0.05, 0.1) is 0 Å². The topological polar surface area (TPSA) is 12.0 Å². The zero-order valence-electron chi connectivity index (χ0n) is 15.7. The van der Waals surface area contributed by atoms with Gasteiger partial charge in [-0.05, 0) is 49.5 Å². The van der Waals surface area contributed by atoms with Crippen molar-refractivity contribution in [3.05, 3.63) is 103 Å². The third-order valence-electron chi connectivity index (χ3n) is 4.02. The van der Waals surface area contributed by atoms with E-state index in [-0.39, 0.29) is 0 Å². The summed E-state index contributed by atoms with van der Waals surface area (Å²) in [6, 6.07) is 36.4. The Balaban J connectivity index is 0.000000659. The maximum absolute atomic E-state index is 2.75. The molecule has 0 radical (unpaired) electrons. The molecule has 1 aromatic heterocycles. The highest BCUT2D eigenvalue weighted by Gasteiger charge is 2.18. The third kappa shape index (κ3) is 5.10. The molecule has 0 bridgehead atoms. The zero-order chi connectivity index (χ0) is 18.9. The van der Waals surface area contributed by atoms with Crippen LogP contribution in [0.25, 0.3) is 32.0 Å². The molecule has 3 aromatic carbocycles. The van der Waals surface area contributed by atoms with Crippen molar-refractivity contribution >= 4 is 11.3 Å². The first-order valence-corrected chi connectivity index (χ1v) is 9.86. The van der Waals surface area contributed by atoms with Crippen LogP contribution in [-0.2, 0) is 0 Å². The molecule has 1 nitrogen and oxygen atoms in total.